The van der Waals surface area contributed by atoms with Crippen LogP contribution >= 0.6 is 11.8 Å². The van der Waals surface area contributed by atoms with Gasteiger partial charge in [-0.05, 0) is 19.1 Å². The van der Waals surface area contributed by atoms with E-state index in [0.717, 1.165) is 5.56 Å². The molecular formula is C14H12N2O5S. The van der Waals surface area contributed by atoms with E-state index in [2.05, 4.69) is 14.9 Å². The highest BCUT2D eigenvalue weighted by Gasteiger charge is 2.17. The lowest BCUT2D eigenvalue weighted by molar-refractivity contribution is 0.0598. The Morgan fingerprint density at radius 1 is 1.27 bits per heavy atom. The highest BCUT2D eigenvalue weighted by Crippen LogP contribution is 2.29. The van der Waals surface area contributed by atoms with Crippen molar-refractivity contribution < 1.29 is 22.8 Å². The predicted octanol–water partition coefficient (Wildman–Crippen LogP) is 3.31. The number of nitrogens with zero attached hydrogens (tertiary/aromatic N) is 2. The normalized spacial score (nSPS) is 10.8. The van der Waals surface area contributed by atoms with Gasteiger partial charge < -0.3 is 18.0 Å². The van der Waals surface area contributed by atoms with E-state index in [1.54, 1.807) is 18.4 Å². The smallest absolute Gasteiger partial charge is 0.341 e. The van der Waals surface area contributed by atoms with Crippen molar-refractivity contribution in [2.45, 2.75) is 17.9 Å². The summed E-state index contributed by atoms with van der Waals surface area (Å²) in [4.78, 5) is 11.6. The average molecular weight is 320 g/mol. The molecule has 0 amide bonds. The number of carbonyl (C=O) groups is 1. The van der Waals surface area contributed by atoms with Gasteiger partial charge in [0.05, 0.1) is 31.0 Å². The van der Waals surface area contributed by atoms with Crippen LogP contribution < -0.4 is 0 Å². The minimum atomic E-state index is -0.440. The first kappa shape index (κ1) is 14.5. The third-order valence-electron chi connectivity index (χ3n) is 2.97. The van der Waals surface area contributed by atoms with Crippen LogP contribution in [0.1, 0.15) is 21.9 Å². The highest BCUT2D eigenvalue weighted by atomic mass is 32.2. The molecule has 0 fully saturated rings. The van der Waals surface area contributed by atoms with Gasteiger partial charge in [0.25, 0.3) is 11.1 Å². The average Bonchev–Trinajstić information content (AvgIpc) is 3.24. The van der Waals surface area contributed by atoms with Crippen molar-refractivity contribution in [2.75, 3.05) is 7.11 Å². The number of methoxy groups -OCH3 is 1. The number of carbonyl (C=O) groups excluding carboxylic acids is 1. The fraction of sp³-hybridized carbons (Fsp3) is 0.214. The molecule has 0 bridgehead atoms. The third kappa shape index (κ3) is 2.77. The van der Waals surface area contributed by atoms with E-state index >= 15 is 0 Å². The number of aromatic nitrogens is 2. The molecule has 114 valence electrons. The standard InChI is InChI=1S/C14H12N2O5S/c1-8-9(3-5-19-8)12-15-16-14(21-12)22-7-11-10(4-6-20-11)13(17)18-2/h3-6H,7H2,1-2H3. The number of furan rings is 2. The van der Waals surface area contributed by atoms with E-state index in [9.17, 15) is 4.79 Å². The zero-order valence-corrected chi connectivity index (χ0v) is 12.7. The molecule has 22 heavy (non-hydrogen) atoms. The van der Waals surface area contributed by atoms with Crippen molar-refractivity contribution in [3.8, 4) is 11.5 Å². The van der Waals surface area contributed by atoms with E-state index in [4.69, 9.17) is 13.3 Å². The van der Waals surface area contributed by atoms with Crippen molar-refractivity contribution >= 4 is 17.7 Å². The fourth-order valence-electron chi connectivity index (χ4n) is 1.86. The van der Waals surface area contributed by atoms with Crippen LogP contribution in [0.2, 0.25) is 0 Å². The minimum absolute atomic E-state index is 0.378. The van der Waals surface area contributed by atoms with Crippen LogP contribution in [0.4, 0.5) is 0 Å². The molecule has 0 aliphatic carbocycles. The van der Waals surface area contributed by atoms with Gasteiger partial charge in [-0.15, -0.1) is 10.2 Å². The molecule has 8 heteroatoms. The number of rotatable bonds is 5. The van der Waals surface area contributed by atoms with Crippen molar-refractivity contribution in [1.29, 1.82) is 0 Å². The van der Waals surface area contributed by atoms with Gasteiger partial charge in [0, 0.05) is 0 Å². The summed E-state index contributed by atoms with van der Waals surface area (Å²) >= 11 is 1.27. The second-order valence-electron chi connectivity index (χ2n) is 4.30. The quantitative estimate of drug-likeness (QED) is 0.522. The maximum Gasteiger partial charge on any atom is 0.341 e. The van der Waals surface area contributed by atoms with E-state index in [0.29, 0.717) is 34.0 Å². The molecule has 0 aliphatic rings. The summed E-state index contributed by atoms with van der Waals surface area (Å²) in [6.07, 6.45) is 3.00. The molecule has 3 aromatic rings. The summed E-state index contributed by atoms with van der Waals surface area (Å²) < 4.78 is 20.7. The number of ether oxygens (including phenoxy) is 1. The van der Waals surface area contributed by atoms with Crippen molar-refractivity contribution in [2.24, 2.45) is 0 Å². The van der Waals surface area contributed by atoms with Crippen LogP contribution in [0.5, 0.6) is 0 Å². The van der Waals surface area contributed by atoms with Gasteiger partial charge in [0.15, 0.2) is 0 Å². The van der Waals surface area contributed by atoms with E-state index in [1.807, 2.05) is 6.92 Å². The van der Waals surface area contributed by atoms with Crippen molar-refractivity contribution in [3.05, 3.63) is 41.7 Å². The lowest BCUT2D eigenvalue weighted by atomic mass is 10.3. The Morgan fingerprint density at radius 3 is 2.82 bits per heavy atom. The lowest BCUT2D eigenvalue weighted by Crippen LogP contribution is -2.02. The molecular weight excluding hydrogens is 308 g/mol. The number of thioether (sulfide) groups is 1. The fourth-order valence-corrected chi connectivity index (χ4v) is 2.57. The first-order valence-corrected chi connectivity index (χ1v) is 7.33. The largest absolute Gasteiger partial charge is 0.469 e. The van der Waals surface area contributed by atoms with Crippen LogP contribution in [0, 0.1) is 6.92 Å². The van der Waals surface area contributed by atoms with E-state index < -0.39 is 5.97 Å². The van der Waals surface area contributed by atoms with Crippen molar-refractivity contribution in [1.82, 2.24) is 10.2 Å². The zero-order chi connectivity index (χ0) is 15.5. The number of hydrogen-bond acceptors (Lipinski definition) is 8. The van der Waals surface area contributed by atoms with E-state index in [1.165, 1.54) is 25.1 Å². The molecule has 0 unspecified atom stereocenters. The summed E-state index contributed by atoms with van der Waals surface area (Å²) in [6, 6.07) is 3.33. The van der Waals surface area contributed by atoms with Crippen molar-refractivity contribution in [3.63, 3.8) is 0 Å². The monoisotopic (exact) mass is 320 g/mol. The summed E-state index contributed by atoms with van der Waals surface area (Å²) in [5, 5.41) is 8.31. The Bertz CT molecular complexity index is 789. The molecule has 0 radical (unpaired) electrons. The Kier molecular flexibility index (Phi) is 4.01. The second kappa shape index (κ2) is 6.10. The molecule has 7 nitrogen and oxygen atoms in total. The molecule has 0 aliphatic heterocycles. The van der Waals surface area contributed by atoms with Crippen LogP contribution in [0.25, 0.3) is 11.5 Å². The Hall–Kier alpha value is -2.48. The summed E-state index contributed by atoms with van der Waals surface area (Å²) in [5.41, 5.74) is 1.15. The van der Waals surface area contributed by atoms with Gasteiger partial charge in [-0.1, -0.05) is 11.8 Å². The molecule has 0 saturated heterocycles. The lowest BCUT2D eigenvalue weighted by Gasteiger charge is -1.98. The third-order valence-corrected chi connectivity index (χ3v) is 3.79. The zero-order valence-electron chi connectivity index (χ0n) is 11.9. The van der Waals surface area contributed by atoms with Gasteiger partial charge in [0.1, 0.15) is 17.1 Å². The molecule has 3 rings (SSSR count). The van der Waals surface area contributed by atoms with Gasteiger partial charge in [-0.2, -0.15) is 0 Å². The molecule has 0 atom stereocenters. The van der Waals surface area contributed by atoms with Crippen LogP contribution in [0.15, 0.2) is 43.1 Å². The Morgan fingerprint density at radius 2 is 2.09 bits per heavy atom. The Balaban J connectivity index is 1.71. The molecule has 0 aromatic carbocycles. The van der Waals surface area contributed by atoms with Crippen LogP contribution in [-0.2, 0) is 10.5 Å². The molecule has 3 heterocycles. The van der Waals surface area contributed by atoms with Crippen LogP contribution in [-0.4, -0.2) is 23.3 Å². The molecule has 0 spiro atoms. The van der Waals surface area contributed by atoms with Gasteiger partial charge in [-0.3, -0.25) is 0 Å². The maximum atomic E-state index is 11.6. The molecule has 3 aromatic heterocycles. The number of hydrogen-bond donors (Lipinski definition) is 0. The summed E-state index contributed by atoms with van der Waals surface area (Å²) in [5.74, 6) is 1.53. The van der Waals surface area contributed by atoms with Crippen LogP contribution in [0.3, 0.4) is 0 Å². The summed E-state index contributed by atoms with van der Waals surface area (Å²) in [7, 11) is 1.32. The number of esters is 1. The second-order valence-corrected chi connectivity index (χ2v) is 5.23. The molecule has 0 saturated carbocycles. The first-order valence-electron chi connectivity index (χ1n) is 6.34. The topological polar surface area (TPSA) is 91.5 Å². The SMILES string of the molecule is COC(=O)c1ccoc1CSc1nnc(-c2ccoc2C)o1. The first-order chi connectivity index (χ1) is 10.7. The van der Waals surface area contributed by atoms with Gasteiger partial charge in [0.2, 0.25) is 0 Å². The highest BCUT2D eigenvalue weighted by molar-refractivity contribution is 7.98. The predicted molar refractivity (Wildman–Crippen MR) is 76.3 cm³/mol. The van der Waals surface area contributed by atoms with Gasteiger partial charge in [-0.25, -0.2) is 4.79 Å². The summed E-state index contributed by atoms with van der Waals surface area (Å²) in [6.45, 7) is 1.82. The van der Waals surface area contributed by atoms with E-state index in [-0.39, 0.29) is 0 Å². The maximum absolute atomic E-state index is 11.6. The molecule has 0 N–H and O–H groups in total. The van der Waals surface area contributed by atoms with Gasteiger partial charge >= 0.3 is 5.97 Å². The number of aryl methyl sites for hydroxylation is 1. The minimum Gasteiger partial charge on any atom is -0.469 e. The Labute approximate surface area is 129 Å².